The van der Waals surface area contributed by atoms with E-state index in [1.807, 2.05) is 24.3 Å². The highest BCUT2D eigenvalue weighted by molar-refractivity contribution is 7.78. The molecule has 2 unspecified atom stereocenters. The maximum Gasteiger partial charge on any atom is 0.126 e. The van der Waals surface area contributed by atoms with Gasteiger partial charge in [-0.3, -0.25) is 9.97 Å². The number of thiocarbonyl (C=S) groups is 1. The van der Waals surface area contributed by atoms with Crippen molar-refractivity contribution < 1.29 is 8.78 Å². The fourth-order valence-electron chi connectivity index (χ4n) is 5.12. The third-order valence-electron chi connectivity index (χ3n) is 6.93. The Labute approximate surface area is 214 Å². The lowest BCUT2D eigenvalue weighted by molar-refractivity contribution is 0.604. The minimum Gasteiger partial charge on any atom is -0.320 e. The van der Waals surface area contributed by atoms with Crippen LogP contribution in [0.4, 0.5) is 8.78 Å². The van der Waals surface area contributed by atoms with Gasteiger partial charge in [-0.15, -0.1) is 0 Å². The zero-order chi connectivity index (χ0) is 25.1. The van der Waals surface area contributed by atoms with Crippen molar-refractivity contribution in [1.82, 2.24) is 9.97 Å². The van der Waals surface area contributed by atoms with Crippen molar-refractivity contribution in [2.75, 3.05) is 0 Å². The second-order valence-electron chi connectivity index (χ2n) is 8.86. The van der Waals surface area contributed by atoms with Crippen LogP contribution in [0.2, 0.25) is 0 Å². The molecule has 2 heterocycles. The van der Waals surface area contributed by atoms with Crippen LogP contribution in [0.15, 0.2) is 78.3 Å². The van der Waals surface area contributed by atoms with Gasteiger partial charge >= 0.3 is 0 Å². The number of benzene rings is 2. The topological polar surface area (TPSA) is 64.2 Å². The van der Waals surface area contributed by atoms with E-state index >= 15 is 0 Å². The lowest BCUT2D eigenvalue weighted by atomic mass is 9.96. The van der Waals surface area contributed by atoms with E-state index in [0.29, 0.717) is 12.8 Å². The van der Waals surface area contributed by atoms with Crippen LogP contribution in [0.1, 0.15) is 56.6 Å². The van der Waals surface area contributed by atoms with Gasteiger partial charge in [0.05, 0.1) is 11.2 Å². The van der Waals surface area contributed by atoms with Crippen molar-refractivity contribution >= 4 is 17.4 Å². The summed E-state index contributed by atoms with van der Waals surface area (Å²) in [4.78, 5) is 12.5. The monoisotopic (exact) mass is 498 g/mol. The zero-order valence-electron chi connectivity index (χ0n) is 19.5. The SMILES string of the molecule is Fc1cccc2c1CCc1ccncc1C2N=C=S.NC1c2cnccc2CCc2c(F)cccc21. The first-order valence-corrected chi connectivity index (χ1v) is 12.2. The third kappa shape index (κ3) is 4.61. The van der Waals surface area contributed by atoms with E-state index < -0.39 is 0 Å². The first-order chi connectivity index (χ1) is 17.6. The van der Waals surface area contributed by atoms with Crippen LogP contribution in [-0.2, 0) is 25.7 Å². The van der Waals surface area contributed by atoms with E-state index in [1.54, 1.807) is 36.9 Å². The van der Waals surface area contributed by atoms with Gasteiger partial charge in [0.25, 0.3) is 0 Å². The quantitative estimate of drug-likeness (QED) is 0.263. The minimum atomic E-state index is -0.297. The van der Waals surface area contributed by atoms with Crippen LogP contribution < -0.4 is 5.73 Å². The van der Waals surface area contributed by atoms with Gasteiger partial charge in [-0.25, -0.2) is 13.8 Å². The van der Waals surface area contributed by atoms with Crippen LogP contribution >= 0.6 is 12.2 Å². The van der Waals surface area contributed by atoms with Crippen molar-refractivity contribution in [3.05, 3.63) is 129 Å². The molecule has 0 aliphatic heterocycles. The van der Waals surface area contributed by atoms with Crippen LogP contribution in [0.3, 0.4) is 0 Å². The molecule has 2 aliphatic carbocycles. The summed E-state index contributed by atoms with van der Waals surface area (Å²) in [5.74, 6) is -0.332. The molecule has 6 rings (SSSR count). The molecule has 180 valence electrons. The second-order valence-corrected chi connectivity index (χ2v) is 9.05. The molecule has 2 N–H and O–H groups in total. The summed E-state index contributed by atoms with van der Waals surface area (Å²) >= 11 is 4.74. The molecule has 4 nitrogen and oxygen atoms in total. The maximum absolute atomic E-state index is 14.0. The average Bonchev–Trinajstić information content (AvgIpc) is 3.15. The van der Waals surface area contributed by atoms with Gasteiger partial charge in [0.15, 0.2) is 0 Å². The van der Waals surface area contributed by atoms with Crippen molar-refractivity contribution in [2.24, 2.45) is 10.7 Å². The van der Waals surface area contributed by atoms with Gasteiger partial charge in [0.2, 0.25) is 0 Å². The molecule has 0 saturated carbocycles. The van der Waals surface area contributed by atoms with E-state index in [4.69, 9.17) is 18.0 Å². The molecular weight excluding hydrogens is 474 g/mol. The summed E-state index contributed by atoms with van der Waals surface area (Å²) in [5, 5.41) is 2.42. The number of pyridine rings is 2. The van der Waals surface area contributed by atoms with E-state index in [2.05, 4.69) is 20.1 Å². The Morgan fingerprint density at radius 2 is 1.31 bits per heavy atom. The maximum atomic E-state index is 14.0. The Kier molecular flexibility index (Phi) is 7.05. The zero-order valence-corrected chi connectivity index (χ0v) is 20.3. The smallest absolute Gasteiger partial charge is 0.126 e. The normalized spacial score (nSPS) is 17.4. The molecule has 36 heavy (non-hydrogen) atoms. The van der Waals surface area contributed by atoms with Crippen LogP contribution in [0, 0.1) is 11.6 Å². The van der Waals surface area contributed by atoms with Gasteiger partial charge < -0.3 is 5.73 Å². The number of nitrogens with two attached hydrogens (primary N) is 1. The summed E-state index contributed by atoms with van der Waals surface area (Å²) in [6, 6.07) is 13.6. The number of nitrogens with zero attached hydrogens (tertiary/aromatic N) is 3. The van der Waals surface area contributed by atoms with E-state index in [9.17, 15) is 8.78 Å². The molecule has 0 amide bonds. The summed E-state index contributed by atoms with van der Waals surface area (Å²) in [6.07, 6.45) is 10.1. The lowest BCUT2D eigenvalue weighted by Crippen LogP contribution is -2.14. The number of halogens is 2. The Morgan fingerprint density at radius 3 is 1.94 bits per heavy atom. The Hall–Kier alpha value is -3.64. The van der Waals surface area contributed by atoms with Crippen molar-refractivity contribution in [3.63, 3.8) is 0 Å². The largest absolute Gasteiger partial charge is 0.320 e. The average molecular weight is 499 g/mol. The van der Waals surface area contributed by atoms with Crippen molar-refractivity contribution in [3.8, 4) is 0 Å². The molecule has 0 radical (unpaired) electrons. The number of aromatic nitrogens is 2. The Morgan fingerprint density at radius 1 is 0.750 bits per heavy atom. The standard InChI is InChI=1S/C15H11FN2S.C14H13FN2/c16-14-3-1-2-12-11(14)5-4-10-6-7-17-8-13(10)15(12)18-9-19;15-13-3-1-2-11-10(13)5-4-9-6-7-17-8-12(9)14(11)16/h1-3,6-8,15H,4-5H2;1-3,6-8,14H,4-5,16H2. The molecule has 2 aliphatic rings. The van der Waals surface area contributed by atoms with E-state index in [-0.39, 0.29) is 23.7 Å². The van der Waals surface area contributed by atoms with Gasteiger partial charge in [-0.1, -0.05) is 24.3 Å². The number of hydrogen-bond donors (Lipinski definition) is 1. The second kappa shape index (κ2) is 10.5. The summed E-state index contributed by atoms with van der Waals surface area (Å²) in [7, 11) is 0. The van der Waals surface area contributed by atoms with Gasteiger partial charge in [-0.2, -0.15) is 0 Å². The number of aryl methyl sites for hydroxylation is 2. The fourth-order valence-corrected chi connectivity index (χ4v) is 5.23. The van der Waals surface area contributed by atoms with Crippen LogP contribution in [0.25, 0.3) is 0 Å². The van der Waals surface area contributed by atoms with Crippen LogP contribution in [-0.4, -0.2) is 15.1 Å². The van der Waals surface area contributed by atoms with Gasteiger partial charge in [0.1, 0.15) is 17.7 Å². The molecular formula is C29H24F2N4S. The van der Waals surface area contributed by atoms with Crippen molar-refractivity contribution in [2.45, 2.75) is 37.8 Å². The van der Waals surface area contributed by atoms with Crippen LogP contribution in [0.5, 0.6) is 0 Å². The minimum absolute atomic E-state index is 0.154. The van der Waals surface area contributed by atoms with E-state index in [0.717, 1.165) is 51.8 Å². The fraction of sp³-hybridized carbons (Fsp3) is 0.207. The highest BCUT2D eigenvalue weighted by Crippen LogP contribution is 2.35. The van der Waals surface area contributed by atoms with E-state index in [1.165, 1.54) is 17.7 Å². The first kappa shape index (κ1) is 24.1. The molecule has 7 heteroatoms. The molecule has 2 atom stereocenters. The highest BCUT2D eigenvalue weighted by Gasteiger charge is 2.25. The Bertz CT molecular complexity index is 1470. The number of fused-ring (bicyclic) bond motifs is 4. The molecule has 0 fully saturated rings. The van der Waals surface area contributed by atoms with Gasteiger partial charge in [-0.05, 0) is 101 Å². The lowest BCUT2D eigenvalue weighted by Gasteiger charge is -2.14. The molecule has 2 aromatic heterocycles. The van der Waals surface area contributed by atoms with Gasteiger partial charge in [0, 0.05) is 30.4 Å². The first-order valence-electron chi connectivity index (χ1n) is 11.8. The molecule has 0 bridgehead atoms. The number of rotatable bonds is 1. The highest BCUT2D eigenvalue weighted by atomic mass is 32.1. The predicted octanol–water partition coefficient (Wildman–Crippen LogP) is 5.88. The predicted molar refractivity (Wildman–Crippen MR) is 139 cm³/mol. The summed E-state index contributed by atoms with van der Waals surface area (Å²) < 4.78 is 27.8. The number of aliphatic imine (C=N–C) groups is 1. The molecule has 0 spiro atoms. The van der Waals surface area contributed by atoms with Crippen molar-refractivity contribution in [1.29, 1.82) is 0 Å². The third-order valence-corrected chi connectivity index (χ3v) is 7.04. The number of isothiocyanates is 1. The summed E-state index contributed by atoms with van der Waals surface area (Å²) in [5.41, 5.74) is 13.8. The Balaban J connectivity index is 0.000000149. The molecule has 4 aromatic rings. The number of hydrogen-bond acceptors (Lipinski definition) is 5. The molecule has 0 saturated heterocycles. The molecule has 2 aromatic carbocycles. The summed E-state index contributed by atoms with van der Waals surface area (Å²) in [6.45, 7) is 0.